The third kappa shape index (κ3) is 2.45. The van der Waals surface area contributed by atoms with Crippen LogP contribution < -0.4 is 5.73 Å². The summed E-state index contributed by atoms with van der Waals surface area (Å²) in [6.07, 6.45) is -0.567. The van der Waals surface area contributed by atoms with Gasteiger partial charge in [0.1, 0.15) is 6.23 Å². The Labute approximate surface area is 112 Å². The molecule has 0 saturated carbocycles. The van der Waals surface area contributed by atoms with Gasteiger partial charge in [-0.15, -0.1) is 0 Å². The molecule has 1 aliphatic heterocycles. The molecule has 4 N–H and O–H groups in total. The number of anilines is 1. The van der Waals surface area contributed by atoms with E-state index in [2.05, 4.69) is 21.8 Å². The minimum Gasteiger partial charge on any atom is -0.399 e. The molecule has 19 heavy (non-hydrogen) atoms. The molecule has 1 unspecified atom stereocenters. The van der Waals surface area contributed by atoms with Crippen molar-refractivity contribution in [3.05, 3.63) is 30.0 Å². The summed E-state index contributed by atoms with van der Waals surface area (Å²) in [6.45, 7) is 3.75. The smallest absolute Gasteiger partial charge is 0.148 e. The van der Waals surface area contributed by atoms with Crippen molar-refractivity contribution in [2.45, 2.75) is 6.23 Å². The minimum absolute atomic E-state index is 0.567. The number of benzene rings is 1. The van der Waals surface area contributed by atoms with Gasteiger partial charge in [-0.05, 0) is 31.3 Å². The molecule has 2 aromatic rings. The number of nitrogen functional groups attached to an aromatic ring is 1. The van der Waals surface area contributed by atoms with Crippen molar-refractivity contribution < 1.29 is 5.11 Å². The van der Waals surface area contributed by atoms with Crippen molar-refractivity contribution >= 4 is 16.6 Å². The van der Waals surface area contributed by atoms with Crippen LogP contribution in [0.1, 0.15) is 11.9 Å². The fourth-order valence-electron chi connectivity index (χ4n) is 2.58. The van der Waals surface area contributed by atoms with Crippen molar-refractivity contribution in [2.75, 3.05) is 39.0 Å². The van der Waals surface area contributed by atoms with Crippen LogP contribution in [0.2, 0.25) is 0 Å². The number of nitrogens with one attached hydrogen (secondary N) is 1. The number of aliphatic hydroxyl groups is 1. The molecule has 2 heterocycles. The van der Waals surface area contributed by atoms with Crippen LogP contribution in [0.5, 0.6) is 0 Å². The zero-order valence-corrected chi connectivity index (χ0v) is 11.1. The van der Waals surface area contributed by atoms with E-state index in [0.717, 1.165) is 48.5 Å². The maximum atomic E-state index is 10.4. The van der Waals surface area contributed by atoms with Gasteiger partial charge in [0.25, 0.3) is 0 Å². The molecule has 0 aliphatic carbocycles. The van der Waals surface area contributed by atoms with Gasteiger partial charge in [-0.3, -0.25) is 4.90 Å². The highest BCUT2D eigenvalue weighted by Crippen LogP contribution is 2.24. The predicted octanol–water partition coefficient (Wildman–Crippen LogP) is 0.988. The summed E-state index contributed by atoms with van der Waals surface area (Å²) in [4.78, 5) is 7.63. The Kier molecular flexibility index (Phi) is 3.18. The number of hydrogen-bond acceptors (Lipinski definition) is 4. The molecule has 0 bridgehead atoms. The highest BCUT2D eigenvalue weighted by molar-refractivity contribution is 5.83. The molecular weight excluding hydrogens is 240 g/mol. The standard InChI is InChI=1S/C14H20N4O/c1-17-4-6-18(7-5-17)14(19)13-9-10-8-11(15)2-3-12(10)16-13/h2-3,8-9,14,16,19H,4-7,15H2,1H3. The Morgan fingerprint density at radius 2 is 1.95 bits per heavy atom. The average molecular weight is 260 g/mol. The number of aliphatic hydroxyl groups excluding tert-OH is 1. The maximum Gasteiger partial charge on any atom is 0.148 e. The van der Waals surface area contributed by atoms with Crippen molar-refractivity contribution in [2.24, 2.45) is 0 Å². The molecule has 1 atom stereocenters. The number of H-pyrrole nitrogens is 1. The predicted molar refractivity (Wildman–Crippen MR) is 76.7 cm³/mol. The number of nitrogens with zero attached hydrogens (tertiary/aromatic N) is 2. The van der Waals surface area contributed by atoms with Crippen molar-refractivity contribution in [1.29, 1.82) is 0 Å². The van der Waals surface area contributed by atoms with Crippen LogP contribution in [-0.4, -0.2) is 53.1 Å². The molecule has 0 amide bonds. The Morgan fingerprint density at radius 1 is 1.21 bits per heavy atom. The third-order valence-corrected chi connectivity index (χ3v) is 3.83. The second-order valence-corrected chi connectivity index (χ2v) is 5.28. The van der Waals surface area contributed by atoms with Gasteiger partial charge in [-0.25, -0.2) is 0 Å². The van der Waals surface area contributed by atoms with Crippen molar-refractivity contribution in [3.8, 4) is 0 Å². The molecule has 1 aromatic heterocycles. The lowest BCUT2D eigenvalue weighted by Crippen LogP contribution is -2.46. The lowest BCUT2D eigenvalue weighted by molar-refractivity contribution is -0.0254. The fourth-order valence-corrected chi connectivity index (χ4v) is 2.58. The summed E-state index contributed by atoms with van der Waals surface area (Å²) in [5.74, 6) is 0. The van der Waals surface area contributed by atoms with Crippen LogP contribution in [-0.2, 0) is 0 Å². The zero-order valence-electron chi connectivity index (χ0n) is 11.1. The topological polar surface area (TPSA) is 68.5 Å². The molecular formula is C14H20N4O. The number of rotatable bonds is 2. The van der Waals surface area contributed by atoms with Crippen LogP contribution >= 0.6 is 0 Å². The van der Waals surface area contributed by atoms with Gasteiger partial charge in [-0.1, -0.05) is 0 Å². The van der Waals surface area contributed by atoms with E-state index in [1.165, 1.54) is 0 Å². The van der Waals surface area contributed by atoms with Gasteiger partial charge in [-0.2, -0.15) is 0 Å². The second-order valence-electron chi connectivity index (χ2n) is 5.28. The van der Waals surface area contributed by atoms with E-state index >= 15 is 0 Å². The van der Waals surface area contributed by atoms with E-state index in [-0.39, 0.29) is 0 Å². The number of aromatic amines is 1. The zero-order chi connectivity index (χ0) is 13.4. The molecule has 1 saturated heterocycles. The first-order valence-corrected chi connectivity index (χ1v) is 6.62. The number of aromatic nitrogens is 1. The van der Waals surface area contributed by atoms with E-state index in [4.69, 9.17) is 5.73 Å². The number of hydrogen-bond donors (Lipinski definition) is 3. The van der Waals surface area contributed by atoms with E-state index in [9.17, 15) is 5.11 Å². The molecule has 1 aromatic carbocycles. The summed E-state index contributed by atoms with van der Waals surface area (Å²) < 4.78 is 0. The molecule has 1 aliphatic rings. The lowest BCUT2D eigenvalue weighted by Gasteiger charge is -2.35. The molecule has 3 rings (SSSR count). The Morgan fingerprint density at radius 3 is 2.68 bits per heavy atom. The summed E-state index contributed by atoms with van der Waals surface area (Å²) in [7, 11) is 2.11. The first-order chi connectivity index (χ1) is 9.13. The summed E-state index contributed by atoms with van der Waals surface area (Å²) in [5, 5.41) is 11.5. The van der Waals surface area contributed by atoms with Gasteiger partial charge in [0.05, 0.1) is 5.69 Å². The van der Waals surface area contributed by atoms with Crippen molar-refractivity contribution in [1.82, 2.24) is 14.8 Å². The number of likely N-dealkylation sites (N-methyl/N-ethyl adjacent to an activating group) is 1. The van der Waals surface area contributed by atoms with Gasteiger partial charge in [0.15, 0.2) is 0 Å². The summed E-state index contributed by atoms with van der Waals surface area (Å²) in [5.41, 5.74) is 8.37. The lowest BCUT2D eigenvalue weighted by atomic mass is 10.2. The number of nitrogens with two attached hydrogens (primary N) is 1. The van der Waals surface area contributed by atoms with E-state index in [0.29, 0.717) is 0 Å². The molecule has 0 radical (unpaired) electrons. The molecule has 102 valence electrons. The SMILES string of the molecule is CN1CCN(C(O)c2cc3cc(N)ccc3[nH]2)CC1. The van der Waals surface area contributed by atoms with Crippen LogP contribution in [0.4, 0.5) is 5.69 Å². The highest BCUT2D eigenvalue weighted by atomic mass is 16.3. The van der Waals surface area contributed by atoms with Gasteiger partial charge < -0.3 is 20.7 Å². The molecule has 1 fully saturated rings. The van der Waals surface area contributed by atoms with Gasteiger partial charge >= 0.3 is 0 Å². The fraction of sp³-hybridized carbons (Fsp3) is 0.429. The summed E-state index contributed by atoms with van der Waals surface area (Å²) >= 11 is 0. The quantitative estimate of drug-likeness (QED) is 0.704. The summed E-state index contributed by atoms with van der Waals surface area (Å²) in [6, 6.07) is 7.72. The number of piperazine rings is 1. The maximum absolute atomic E-state index is 10.4. The van der Waals surface area contributed by atoms with Crippen LogP contribution in [0.3, 0.4) is 0 Å². The Bertz CT molecular complexity index is 572. The largest absolute Gasteiger partial charge is 0.399 e. The first kappa shape index (κ1) is 12.5. The minimum atomic E-state index is -0.567. The Hall–Kier alpha value is -1.56. The monoisotopic (exact) mass is 260 g/mol. The number of fused-ring (bicyclic) bond motifs is 1. The van der Waals surface area contributed by atoms with E-state index in [1.807, 2.05) is 24.3 Å². The third-order valence-electron chi connectivity index (χ3n) is 3.83. The van der Waals surface area contributed by atoms with Gasteiger partial charge in [0, 0.05) is 42.8 Å². The van der Waals surface area contributed by atoms with E-state index in [1.54, 1.807) is 0 Å². The van der Waals surface area contributed by atoms with Gasteiger partial charge in [0.2, 0.25) is 0 Å². The highest BCUT2D eigenvalue weighted by Gasteiger charge is 2.22. The van der Waals surface area contributed by atoms with Crippen molar-refractivity contribution in [3.63, 3.8) is 0 Å². The average Bonchev–Trinajstić information content (AvgIpc) is 2.81. The van der Waals surface area contributed by atoms with Crippen LogP contribution in [0, 0.1) is 0 Å². The normalized spacial score (nSPS) is 19.9. The molecule has 5 heteroatoms. The molecule has 5 nitrogen and oxygen atoms in total. The first-order valence-electron chi connectivity index (χ1n) is 6.62. The Balaban J connectivity index is 1.83. The van der Waals surface area contributed by atoms with Crippen LogP contribution in [0.15, 0.2) is 24.3 Å². The molecule has 0 spiro atoms. The second kappa shape index (κ2) is 4.85. The van der Waals surface area contributed by atoms with E-state index < -0.39 is 6.23 Å². The van der Waals surface area contributed by atoms with Crippen LogP contribution in [0.25, 0.3) is 10.9 Å².